The van der Waals surface area contributed by atoms with Gasteiger partial charge < -0.3 is 11.1 Å². The fourth-order valence-corrected chi connectivity index (χ4v) is 2.31. The molecule has 90 valence electrons. The summed E-state index contributed by atoms with van der Waals surface area (Å²) in [4.78, 5) is 3.96. The van der Waals surface area contributed by atoms with Crippen LogP contribution in [0.2, 0.25) is 0 Å². The number of nitrogens with one attached hydrogen (secondary N) is 1. The van der Waals surface area contributed by atoms with E-state index in [4.69, 9.17) is 11.0 Å². The lowest BCUT2D eigenvalue weighted by atomic mass is 10.0. The minimum atomic E-state index is 0.205. The van der Waals surface area contributed by atoms with Crippen molar-refractivity contribution < 1.29 is 0 Å². The van der Waals surface area contributed by atoms with Crippen molar-refractivity contribution in [1.29, 1.82) is 5.26 Å². The van der Waals surface area contributed by atoms with Gasteiger partial charge in [-0.25, -0.2) is 4.98 Å². The minimum absolute atomic E-state index is 0.205. The van der Waals surface area contributed by atoms with Crippen LogP contribution in [0.3, 0.4) is 0 Å². The standard InChI is InChI=1S/C13H18N4/c14-9-11-8-10(6-7-16-11)17-13-5-3-1-2-4-12(13)15/h6-8,12-13H,1-5,15H2,(H,16,17). The molecule has 1 aromatic rings. The maximum Gasteiger partial charge on any atom is 0.142 e. The molecule has 0 aromatic carbocycles. The molecule has 0 spiro atoms. The van der Waals surface area contributed by atoms with Gasteiger partial charge in [-0.1, -0.05) is 19.3 Å². The molecule has 1 aromatic heterocycles. The minimum Gasteiger partial charge on any atom is -0.381 e. The van der Waals surface area contributed by atoms with Crippen molar-refractivity contribution >= 4 is 5.69 Å². The fraction of sp³-hybridized carbons (Fsp3) is 0.538. The van der Waals surface area contributed by atoms with Gasteiger partial charge >= 0.3 is 0 Å². The molecule has 0 aliphatic heterocycles. The third-order valence-corrected chi connectivity index (χ3v) is 3.30. The van der Waals surface area contributed by atoms with Crippen LogP contribution in [0.25, 0.3) is 0 Å². The lowest BCUT2D eigenvalue weighted by Crippen LogP contribution is -2.39. The van der Waals surface area contributed by atoms with Gasteiger partial charge in [-0.05, 0) is 25.0 Å². The molecule has 1 heterocycles. The normalized spacial score (nSPS) is 24.7. The van der Waals surface area contributed by atoms with E-state index in [-0.39, 0.29) is 6.04 Å². The van der Waals surface area contributed by atoms with E-state index < -0.39 is 0 Å². The van der Waals surface area contributed by atoms with Gasteiger partial charge in [0.15, 0.2) is 0 Å². The maximum atomic E-state index is 8.80. The van der Waals surface area contributed by atoms with Gasteiger partial charge in [0.1, 0.15) is 11.8 Å². The van der Waals surface area contributed by atoms with E-state index in [9.17, 15) is 0 Å². The fourth-order valence-electron chi connectivity index (χ4n) is 2.31. The highest BCUT2D eigenvalue weighted by Gasteiger charge is 2.19. The molecule has 0 amide bonds. The molecule has 1 saturated carbocycles. The Morgan fingerprint density at radius 3 is 3.00 bits per heavy atom. The summed E-state index contributed by atoms with van der Waals surface area (Å²) in [5.74, 6) is 0. The quantitative estimate of drug-likeness (QED) is 0.762. The van der Waals surface area contributed by atoms with Crippen LogP contribution < -0.4 is 11.1 Å². The van der Waals surface area contributed by atoms with E-state index in [2.05, 4.69) is 10.3 Å². The number of aromatic nitrogens is 1. The molecular weight excluding hydrogens is 212 g/mol. The monoisotopic (exact) mass is 230 g/mol. The van der Waals surface area contributed by atoms with Crippen LogP contribution in [0.5, 0.6) is 0 Å². The summed E-state index contributed by atoms with van der Waals surface area (Å²) in [6, 6.07) is 6.22. The first-order chi connectivity index (χ1) is 8.29. The Morgan fingerprint density at radius 1 is 1.35 bits per heavy atom. The molecule has 2 atom stereocenters. The Hall–Kier alpha value is -1.60. The van der Waals surface area contributed by atoms with Crippen LogP contribution >= 0.6 is 0 Å². The van der Waals surface area contributed by atoms with Crippen molar-refractivity contribution in [2.24, 2.45) is 5.73 Å². The first kappa shape index (κ1) is 11.9. The summed E-state index contributed by atoms with van der Waals surface area (Å²) in [5.41, 5.74) is 7.54. The molecule has 2 rings (SSSR count). The van der Waals surface area contributed by atoms with Crippen LogP contribution in [-0.4, -0.2) is 17.1 Å². The molecule has 1 fully saturated rings. The van der Waals surface area contributed by atoms with Gasteiger partial charge in [-0.2, -0.15) is 5.26 Å². The second kappa shape index (κ2) is 5.65. The molecular formula is C13H18N4. The second-order valence-corrected chi connectivity index (χ2v) is 4.59. The molecule has 0 saturated heterocycles. The summed E-state index contributed by atoms with van der Waals surface area (Å²) in [6.45, 7) is 0. The highest BCUT2D eigenvalue weighted by Crippen LogP contribution is 2.20. The number of rotatable bonds is 2. The number of nitrogens with zero attached hydrogens (tertiary/aromatic N) is 2. The molecule has 1 aliphatic rings. The van der Waals surface area contributed by atoms with Crippen molar-refractivity contribution in [2.75, 3.05) is 5.32 Å². The molecule has 0 radical (unpaired) electrons. The topological polar surface area (TPSA) is 74.7 Å². The van der Waals surface area contributed by atoms with Crippen LogP contribution in [0.4, 0.5) is 5.69 Å². The third kappa shape index (κ3) is 3.18. The average Bonchev–Trinajstić information content (AvgIpc) is 2.55. The van der Waals surface area contributed by atoms with Crippen LogP contribution in [0, 0.1) is 11.3 Å². The lowest BCUT2D eigenvalue weighted by Gasteiger charge is -2.23. The zero-order valence-corrected chi connectivity index (χ0v) is 9.89. The predicted octanol–water partition coefficient (Wildman–Crippen LogP) is 2.03. The van der Waals surface area contributed by atoms with Gasteiger partial charge in [-0.3, -0.25) is 0 Å². The summed E-state index contributed by atoms with van der Waals surface area (Å²) in [6.07, 6.45) is 7.55. The van der Waals surface area contributed by atoms with E-state index in [1.54, 1.807) is 12.3 Å². The van der Waals surface area contributed by atoms with Gasteiger partial charge in [0.25, 0.3) is 0 Å². The molecule has 1 aliphatic carbocycles. The average molecular weight is 230 g/mol. The largest absolute Gasteiger partial charge is 0.381 e. The molecule has 4 nitrogen and oxygen atoms in total. The van der Waals surface area contributed by atoms with Gasteiger partial charge in [0, 0.05) is 24.0 Å². The zero-order chi connectivity index (χ0) is 12.1. The number of nitrogens with two attached hydrogens (primary N) is 1. The first-order valence-electron chi connectivity index (χ1n) is 6.18. The zero-order valence-electron chi connectivity index (χ0n) is 9.89. The smallest absolute Gasteiger partial charge is 0.142 e. The Balaban J connectivity index is 2.05. The number of anilines is 1. The molecule has 4 heteroatoms. The van der Waals surface area contributed by atoms with E-state index in [0.29, 0.717) is 11.7 Å². The van der Waals surface area contributed by atoms with Crippen molar-refractivity contribution in [3.05, 3.63) is 24.0 Å². The molecule has 2 unspecified atom stereocenters. The van der Waals surface area contributed by atoms with Crippen LogP contribution in [0.15, 0.2) is 18.3 Å². The molecule has 3 N–H and O–H groups in total. The Morgan fingerprint density at radius 2 is 2.18 bits per heavy atom. The summed E-state index contributed by atoms with van der Waals surface area (Å²) < 4.78 is 0. The summed E-state index contributed by atoms with van der Waals surface area (Å²) >= 11 is 0. The summed E-state index contributed by atoms with van der Waals surface area (Å²) in [5, 5.41) is 12.2. The highest BCUT2D eigenvalue weighted by atomic mass is 15.0. The Kier molecular flexibility index (Phi) is 3.94. The SMILES string of the molecule is N#Cc1cc(NC2CCCCCC2N)ccn1. The maximum absolute atomic E-state index is 8.80. The molecule has 17 heavy (non-hydrogen) atoms. The van der Waals surface area contributed by atoms with E-state index >= 15 is 0 Å². The Labute approximate surface area is 102 Å². The lowest BCUT2D eigenvalue weighted by molar-refractivity contribution is 0.528. The third-order valence-electron chi connectivity index (χ3n) is 3.30. The number of pyridine rings is 1. The second-order valence-electron chi connectivity index (χ2n) is 4.59. The van der Waals surface area contributed by atoms with Crippen molar-refractivity contribution in [2.45, 2.75) is 44.2 Å². The van der Waals surface area contributed by atoms with E-state index in [1.807, 2.05) is 12.1 Å². The van der Waals surface area contributed by atoms with Crippen molar-refractivity contribution in [3.8, 4) is 6.07 Å². The van der Waals surface area contributed by atoms with Gasteiger partial charge in [-0.15, -0.1) is 0 Å². The van der Waals surface area contributed by atoms with E-state index in [1.165, 1.54) is 19.3 Å². The molecule has 0 bridgehead atoms. The van der Waals surface area contributed by atoms with E-state index in [0.717, 1.165) is 18.5 Å². The van der Waals surface area contributed by atoms with Crippen molar-refractivity contribution in [1.82, 2.24) is 4.98 Å². The summed E-state index contributed by atoms with van der Waals surface area (Å²) in [7, 11) is 0. The Bertz CT molecular complexity index is 410. The first-order valence-corrected chi connectivity index (χ1v) is 6.18. The van der Waals surface area contributed by atoms with Crippen LogP contribution in [-0.2, 0) is 0 Å². The van der Waals surface area contributed by atoms with Gasteiger partial charge in [0.2, 0.25) is 0 Å². The number of nitriles is 1. The predicted molar refractivity (Wildman–Crippen MR) is 67.4 cm³/mol. The highest BCUT2D eigenvalue weighted by molar-refractivity contribution is 5.47. The number of hydrogen-bond acceptors (Lipinski definition) is 4. The van der Waals surface area contributed by atoms with Crippen LogP contribution in [0.1, 0.15) is 37.8 Å². The number of hydrogen-bond donors (Lipinski definition) is 2. The van der Waals surface area contributed by atoms with Crippen molar-refractivity contribution in [3.63, 3.8) is 0 Å². The van der Waals surface area contributed by atoms with Gasteiger partial charge in [0.05, 0.1) is 0 Å².